The minimum absolute atomic E-state index is 0.0704. The van der Waals surface area contributed by atoms with Gasteiger partial charge in [0.05, 0.1) is 11.6 Å². The van der Waals surface area contributed by atoms with Gasteiger partial charge in [0.25, 0.3) is 5.91 Å². The predicted molar refractivity (Wildman–Crippen MR) is 163 cm³/mol. The van der Waals surface area contributed by atoms with E-state index in [1.54, 1.807) is 4.90 Å². The second kappa shape index (κ2) is 11.2. The van der Waals surface area contributed by atoms with E-state index in [0.29, 0.717) is 42.4 Å². The molecule has 0 unspecified atom stereocenters. The minimum Gasteiger partial charge on any atom is -0.504 e. The highest BCUT2D eigenvalue weighted by Gasteiger charge is 2.67. The summed E-state index contributed by atoms with van der Waals surface area (Å²) in [6.45, 7) is 7.77. The first-order valence-electron chi connectivity index (χ1n) is 16.3. The summed E-state index contributed by atoms with van der Waals surface area (Å²) in [7, 11) is 0. The summed E-state index contributed by atoms with van der Waals surface area (Å²) in [4.78, 5) is 30.4. The number of rotatable bonds is 6. The number of aromatic hydroxyl groups is 1. The second-order valence-corrected chi connectivity index (χ2v) is 14.1. The summed E-state index contributed by atoms with van der Waals surface area (Å²) < 4.78 is 51.6. The molecule has 1 amide bonds. The normalized spacial score (nSPS) is 27.7. The fraction of sp³-hybridized carbons (Fsp3) is 0.556. The number of halogens is 3. The van der Waals surface area contributed by atoms with Crippen LogP contribution in [0.5, 0.6) is 17.2 Å². The lowest BCUT2D eigenvalue weighted by atomic mass is 9.50. The summed E-state index contributed by atoms with van der Waals surface area (Å²) in [6.07, 6.45) is 0.685. The van der Waals surface area contributed by atoms with Crippen LogP contribution in [-0.4, -0.2) is 64.6 Å². The third-order valence-corrected chi connectivity index (χ3v) is 10.7. The van der Waals surface area contributed by atoms with Crippen LogP contribution < -0.4 is 9.47 Å². The fourth-order valence-electron chi connectivity index (χ4n) is 8.78. The largest absolute Gasteiger partial charge is 0.504 e. The van der Waals surface area contributed by atoms with Gasteiger partial charge in [-0.2, -0.15) is 13.2 Å². The van der Waals surface area contributed by atoms with Crippen LogP contribution in [0, 0.1) is 29.6 Å². The number of carbonyl (C=O) groups is 2. The molecule has 2 bridgehead atoms. The van der Waals surface area contributed by atoms with Gasteiger partial charge in [-0.05, 0) is 87.1 Å². The van der Waals surface area contributed by atoms with Crippen molar-refractivity contribution in [2.75, 3.05) is 19.6 Å². The Morgan fingerprint density at radius 2 is 1.91 bits per heavy atom. The first kappa shape index (κ1) is 30.9. The summed E-state index contributed by atoms with van der Waals surface area (Å²) >= 11 is 0. The number of phenolic OH excluding ortho intramolecular Hbond substituents is 1. The Balaban J connectivity index is 1.26. The number of amides is 1. The van der Waals surface area contributed by atoms with Crippen molar-refractivity contribution in [1.29, 1.82) is 0 Å². The van der Waals surface area contributed by atoms with Gasteiger partial charge in [0.1, 0.15) is 11.9 Å². The Bertz CT molecular complexity index is 1620. The number of nitrogens with zero attached hydrogens (tertiary/aromatic N) is 2. The number of hydrogen-bond acceptors (Lipinski definition) is 6. The minimum atomic E-state index is -4.45. The molecule has 2 heterocycles. The number of phenols is 1. The van der Waals surface area contributed by atoms with Gasteiger partial charge in [-0.1, -0.05) is 19.8 Å². The van der Waals surface area contributed by atoms with Crippen molar-refractivity contribution >= 4 is 11.9 Å². The predicted octanol–water partition coefficient (Wildman–Crippen LogP) is 5.69. The Morgan fingerprint density at radius 3 is 2.57 bits per heavy atom. The van der Waals surface area contributed by atoms with Crippen LogP contribution in [-0.2, 0) is 27.6 Å². The highest BCUT2D eigenvalue weighted by Crippen LogP contribution is 2.66. The molecule has 3 aliphatic carbocycles. The van der Waals surface area contributed by atoms with E-state index in [2.05, 4.69) is 16.7 Å². The van der Waals surface area contributed by atoms with E-state index in [9.17, 15) is 27.9 Å². The maximum absolute atomic E-state index is 13.9. The van der Waals surface area contributed by atoms with Crippen molar-refractivity contribution in [1.82, 2.24) is 9.80 Å². The van der Waals surface area contributed by atoms with Crippen LogP contribution in [0.4, 0.5) is 13.2 Å². The number of alkyl halides is 3. The Morgan fingerprint density at radius 1 is 1.17 bits per heavy atom. The average Bonchev–Trinajstić information content (AvgIpc) is 3.74. The molecule has 1 N–H and O–H groups in total. The van der Waals surface area contributed by atoms with Crippen LogP contribution in [0.1, 0.15) is 75.1 Å². The molecule has 0 aromatic heterocycles. The maximum atomic E-state index is 13.9. The molecule has 2 aliphatic heterocycles. The molecule has 7 rings (SSSR count). The van der Waals surface area contributed by atoms with E-state index >= 15 is 0 Å². The molecule has 46 heavy (non-hydrogen) atoms. The zero-order valence-electron chi connectivity index (χ0n) is 26.3. The molecular formula is C36H39F3N2O5. The summed E-state index contributed by atoms with van der Waals surface area (Å²) in [5.41, 5.74) is 0.924. The quantitative estimate of drug-likeness (QED) is 0.250. The van der Waals surface area contributed by atoms with Gasteiger partial charge in [0.2, 0.25) is 0 Å². The third-order valence-electron chi connectivity index (χ3n) is 10.7. The highest BCUT2D eigenvalue weighted by molar-refractivity contribution is 5.94. The summed E-state index contributed by atoms with van der Waals surface area (Å²) in [5, 5.41) is 11.2. The molecule has 3 fully saturated rings. The van der Waals surface area contributed by atoms with E-state index in [4.69, 9.17) is 9.47 Å². The van der Waals surface area contributed by atoms with Gasteiger partial charge < -0.3 is 19.5 Å². The molecule has 244 valence electrons. The molecule has 2 saturated carbocycles. The lowest BCUT2D eigenvalue weighted by Crippen LogP contribution is -2.69. The van der Waals surface area contributed by atoms with E-state index in [1.165, 1.54) is 38.0 Å². The third kappa shape index (κ3) is 5.21. The van der Waals surface area contributed by atoms with E-state index in [1.807, 2.05) is 13.8 Å². The van der Waals surface area contributed by atoms with Crippen LogP contribution in [0.2, 0.25) is 0 Å². The monoisotopic (exact) mass is 636 g/mol. The van der Waals surface area contributed by atoms with Crippen molar-refractivity contribution in [2.45, 2.75) is 89.1 Å². The molecule has 2 aromatic rings. The van der Waals surface area contributed by atoms with Gasteiger partial charge in [-0.25, -0.2) is 0 Å². The van der Waals surface area contributed by atoms with E-state index in [-0.39, 0.29) is 29.7 Å². The Labute approximate surface area is 267 Å². The molecule has 1 saturated heterocycles. The Hall–Kier alpha value is -3.71. The Kier molecular flexibility index (Phi) is 7.54. The number of benzene rings is 2. The van der Waals surface area contributed by atoms with Gasteiger partial charge in [0.15, 0.2) is 11.5 Å². The van der Waals surface area contributed by atoms with Crippen molar-refractivity contribution in [2.24, 2.45) is 17.8 Å². The summed E-state index contributed by atoms with van der Waals surface area (Å²) in [6, 6.07) is 5.87. The van der Waals surface area contributed by atoms with E-state index in [0.717, 1.165) is 49.2 Å². The van der Waals surface area contributed by atoms with Gasteiger partial charge in [-0.3, -0.25) is 14.5 Å². The first-order chi connectivity index (χ1) is 21.9. The van der Waals surface area contributed by atoms with Gasteiger partial charge >= 0.3 is 12.1 Å². The second-order valence-electron chi connectivity index (χ2n) is 14.1. The van der Waals surface area contributed by atoms with Crippen molar-refractivity contribution < 1.29 is 37.3 Å². The molecule has 7 nitrogen and oxygen atoms in total. The molecule has 0 radical (unpaired) electrons. The lowest BCUT2D eigenvalue weighted by molar-refractivity contribution is -0.138. The van der Waals surface area contributed by atoms with Gasteiger partial charge in [0, 0.05) is 60.1 Å². The number of hydrogen-bond donors (Lipinski definition) is 1. The van der Waals surface area contributed by atoms with Crippen molar-refractivity contribution in [3.05, 3.63) is 52.6 Å². The first-order valence-corrected chi connectivity index (χ1v) is 16.3. The van der Waals surface area contributed by atoms with Crippen molar-refractivity contribution in [3.8, 4) is 29.1 Å². The SMILES string of the molecule is CC(=O)Oc1cc(O)c2c3c1C[C@@H]1[C@@H]4CC[C@@H](N(CC(C)C)C(=O)C#Cc5ccc(C(F)(F)F)cc5)[C@H](O2)[C@]34CCN1CC1CC1. The van der Waals surface area contributed by atoms with E-state index < -0.39 is 35.1 Å². The number of esters is 1. The molecule has 5 aliphatic rings. The molecular weight excluding hydrogens is 597 g/mol. The number of likely N-dealkylation sites (tertiary alicyclic amines) is 1. The van der Waals surface area contributed by atoms with Crippen LogP contribution >= 0.6 is 0 Å². The number of ether oxygens (including phenoxy) is 2. The van der Waals surface area contributed by atoms with Crippen LogP contribution in [0.25, 0.3) is 0 Å². The molecule has 1 spiro atoms. The number of piperidine rings is 1. The van der Waals surface area contributed by atoms with Crippen LogP contribution in [0.3, 0.4) is 0 Å². The lowest BCUT2D eigenvalue weighted by Gasteiger charge is -2.60. The molecule has 5 atom stereocenters. The van der Waals surface area contributed by atoms with Crippen molar-refractivity contribution in [3.63, 3.8) is 0 Å². The molecule has 2 aromatic carbocycles. The maximum Gasteiger partial charge on any atom is 0.416 e. The smallest absolute Gasteiger partial charge is 0.416 e. The highest BCUT2D eigenvalue weighted by atomic mass is 19.4. The van der Waals surface area contributed by atoms with Gasteiger partial charge in [-0.15, -0.1) is 0 Å². The summed E-state index contributed by atoms with van der Waals surface area (Å²) in [5.74, 6) is 6.46. The standard InChI is InChI=1S/C36H39F3N2O5/c1-20(2)18-41(31(44)13-8-22-6-9-24(10-7-22)36(37,38)39)27-12-11-26-28-16-25-30(45-21(3)42)17-29(43)33-32(25)35(26,34(27)46-33)14-15-40(28)19-23-4-5-23/h6-7,9-10,17,20,23,26-28,34,43H,4-5,11-12,14-16,18-19H2,1-3H3/t26-,27+,28+,34-,35-/m0/s1. The zero-order valence-corrected chi connectivity index (χ0v) is 26.3. The number of carbonyl (C=O) groups excluding carboxylic acids is 2. The van der Waals surface area contributed by atoms with Crippen LogP contribution in [0.15, 0.2) is 30.3 Å². The zero-order chi connectivity index (χ0) is 32.5. The molecule has 10 heteroatoms. The fourth-order valence-corrected chi connectivity index (χ4v) is 8.78. The topological polar surface area (TPSA) is 79.3 Å². The average molecular weight is 637 g/mol.